The fourth-order valence-corrected chi connectivity index (χ4v) is 1.93. The van der Waals surface area contributed by atoms with Crippen molar-refractivity contribution >= 4 is 22.8 Å². The molecule has 2 aromatic carbocycles. The molecular weight excluding hydrogens is 240 g/mol. The van der Waals surface area contributed by atoms with E-state index in [-0.39, 0.29) is 5.97 Å². The van der Waals surface area contributed by atoms with E-state index in [4.69, 9.17) is 4.74 Å². The van der Waals surface area contributed by atoms with E-state index in [0.717, 1.165) is 22.1 Å². The highest BCUT2D eigenvalue weighted by atomic mass is 16.5. The molecule has 0 heterocycles. The van der Waals surface area contributed by atoms with Crippen LogP contribution in [0.2, 0.25) is 0 Å². The fraction of sp³-hybridized carbons (Fsp3) is 0.188. The largest absolute Gasteiger partial charge is 0.497 e. The Labute approximate surface area is 112 Å². The van der Waals surface area contributed by atoms with Crippen molar-refractivity contribution < 1.29 is 14.3 Å². The van der Waals surface area contributed by atoms with Crippen LogP contribution in [-0.4, -0.2) is 20.2 Å². The summed E-state index contributed by atoms with van der Waals surface area (Å²) in [7, 11) is 3.03. The molecule has 0 aromatic heterocycles. The molecule has 0 spiro atoms. The predicted octanol–water partition coefficient (Wildman–Crippen LogP) is 3.42. The van der Waals surface area contributed by atoms with Gasteiger partial charge in [0.05, 0.1) is 14.2 Å². The average Bonchev–Trinajstić information content (AvgIpc) is 2.45. The summed E-state index contributed by atoms with van der Waals surface area (Å²) in [4.78, 5) is 11.4. The lowest BCUT2D eigenvalue weighted by Gasteiger charge is -2.04. The van der Waals surface area contributed by atoms with Gasteiger partial charge < -0.3 is 9.47 Å². The molecule has 0 aliphatic heterocycles. The van der Waals surface area contributed by atoms with E-state index in [0.29, 0.717) is 5.57 Å². The standard InChI is InChI=1S/C16H16O3/c1-11(16(17)19-3)8-12-4-5-14-10-15(18-2)7-6-13(14)9-12/h4-10H,1-3H3/b11-8+. The molecule has 0 atom stereocenters. The van der Waals surface area contributed by atoms with E-state index >= 15 is 0 Å². The van der Waals surface area contributed by atoms with Gasteiger partial charge in [0.1, 0.15) is 5.75 Å². The van der Waals surface area contributed by atoms with Crippen LogP contribution < -0.4 is 4.74 Å². The van der Waals surface area contributed by atoms with Gasteiger partial charge in [-0.15, -0.1) is 0 Å². The number of carbonyl (C=O) groups is 1. The number of carbonyl (C=O) groups excluding carboxylic acids is 1. The molecule has 0 amide bonds. The van der Waals surface area contributed by atoms with Crippen LogP contribution in [0.3, 0.4) is 0 Å². The molecule has 0 saturated heterocycles. The van der Waals surface area contributed by atoms with Gasteiger partial charge in [0.15, 0.2) is 0 Å². The van der Waals surface area contributed by atoms with E-state index in [1.165, 1.54) is 7.11 Å². The molecule has 2 aromatic rings. The Balaban J connectivity index is 2.39. The summed E-state index contributed by atoms with van der Waals surface area (Å²) >= 11 is 0. The second-order valence-electron chi connectivity index (χ2n) is 4.29. The van der Waals surface area contributed by atoms with Crippen molar-refractivity contribution in [3.05, 3.63) is 47.5 Å². The van der Waals surface area contributed by atoms with Crippen LogP contribution in [0.4, 0.5) is 0 Å². The summed E-state index contributed by atoms with van der Waals surface area (Å²) in [6.07, 6.45) is 1.81. The lowest BCUT2D eigenvalue weighted by molar-refractivity contribution is -0.135. The van der Waals surface area contributed by atoms with Crippen molar-refractivity contribution in [3.63, 3.8) is 0 Å². The normalized spacial score (nSPS) is 11.4. The highest BCUT2D eigenvalue weighted by Crippen LogP contribution is 2.22. The summed E-state index contributed by atoms with van der Waals surface area (Å²) in [6, 6.07) is 11.9. The Morgan fingerprint density at radius 3 is 2.42 bits per heavy atom. The lowest BCUT2D eigenvalue weighted by Crippen LogP contribution is -2.00. The topological polar surface area (TPSA) is 35.5 Å². The van der Waals surface area contributed by atoms with E-state index in [1.54, 1.807) is 14.0 Å². The van der Waals surface area contributed by atoms with Crippen molar-refractivity contribution in [2.75, 3.05) is 14.2 Å². The first-order valence-electron chi connectivity index (χ1n) is 5.98. The van der Waals surface area contributed by atoms with Gasteiger partial charge in [-0.2, -0.15) is 0 Å². The Kier molecular flexibility index (Phi) is 3.85. The number of hydrogen-bond acceptors (Lipinski definition) is 3. The van der Waals surface area contributed by atoms with Gasteiger partial charge in [0.2, 0.25) is 0 Å². The molecule has 3 heteroatoms. The number of rotatable bonds is 3. The van der Waals surface area contributed by atoms with Crippen LogP contribution in [0, 0.1) is 0 Å². The maximum Gasteiger partial charge on any atom is 0.333 e. The number of methoxy groups -OCH3 is 2. The lowest BCUT2D eigenvalue weighted by atomic mass is 10.1. The smallest absolute Gasteiger partial charge is 0.333 e. The molecular formula is C16H16O3. The number of hydrogen-bond donors (Lipinski definition) is 0. The monoisotopic (exact) mass is 256 g/mol. The van der Waals surface area contributed by atoms with Crippen molar-refractivity contribution in [2.45, 2.75) is 6.92 Å². The molecule has 2 rings (SSSR count). The molecule has 98 valence electrons. The maximum absolute atomic E-state index is 11.4. The van der Waals surface area contributed by atoms with Crippen LogP contribution in [0.15, 0.2) is 42.0 Å². The second-order valence-corrected chi connectivity index (χ2v) is 4.29. The molecule has 3 nitrogen and oxygen atoms in total. The Hall–Kier alpha value is -2.29. The predicted molar refractivity (Wildman–Crippen MR) is 76.2 cm³/mol. The number of benzene rings is 2. The van der Waals surface area contributed by atoms with Crippen molar-refractivity contribution in [1.82, 2.24) is 0 Å². The molecule has 0 bridgehead atoms. The Morgan fingerprint density at radius 2 is 1.74 bits per heavy atom. The zero-order chi connectivity index (χ0) is 13.8. The molecule has 19 heavy (non-hydrogen) atoms. The third-order valence-corrected chi connectivity index (χ3v) is 2.96. The van der Waals surface area contributed by atoms with Gasteiger partial charge >= 0.3 is 5.97 Å². The first-order chi connectivity index (χ1) is 9.13. The van der Waals surface area contributed by atoms with Crippen LogP contribution in [0.5, 0.6) is 5.75 Å². The van der Waals surface area contributed by atoms with Crippen LogP contribution in [-0.2, 0) is 9.53 Å². The molecule has 0 fully saturated rings. The van der Waals surface area contributed by atoms with Crippen molar-refractivity contribution in [3.8, 4) is 5.75 Å². The van der Waals surface area contributed by atoms with E-state index in [2.05, 4.69) is 4.74 Å². The van der Waals surface area contributed by atoms with Gasteiger partial charge in [-0.05, 0) is 47.5 Å². The van der Waals surface area contributed by atoms with Crippen molar-refractivity contribution in [2.24, 2.45) is 0 Å². The molecule has 0 radical (unpaired) electrons. The number of fused-ring (bicyclic) bond motifs is 1. The zero-order valence-electron chi connectivity index (χ0n) is 11.3. The molecule has 0 N–H and O–H groups in total. The number of esters is 1. The van der Waals surface area contributed by atoms with E-state index in [9.17, 15) is 4.79 Å². The maximum atomic E-state index is 11.4. The van der Waals surface area contributed by atoms with Crippen LogP contribution in [0.25, 0.3) is 16.8 Å². The van der Waals surface area contributed by atoms with Crippen molar-refractivity contribution in [1.29, 1.82) is 0 Å². The second kappa shape index (κ2) is 5.57. The first-order valence-corrected chi connectivity index (χ1v) is 5.98. The van der Waals surface area contributed by atoms with Gasteiger partial charge in [-0.3, -0.25) is 0 Å². The summed E-state index contributed by atoms with van der Waals surface area (Å²) in [6.45, 7) is 1.74. The summed E-state index contributed by atoms with van der Waals surface area (Å²) in [5, 5.41) is 2.21. The molecule has 0 saturated carbocycles. The minimum atomic E-state index is -0.310. The Bertz CT molecular complexity index is 641. The molecule has 0 aliphatic rings. The Morgan fingerprint density at radius 1 is 1.05 bits per heavy atom. The summed E-state index contributed by atoms with van der Waals surface area (Å²) in [5.74, 6) is 0.524. The van der Waals surface area contributed by atoms with Crippen LogP contribution in [0.1, 0.15) is 12.5 Å². The van der Waals surface area contributed by atoms with Crippen LogP contribution >= 0.6 is 0 Å². The van der Waals surface area contributed by atoms with Gasteiger partial charge in [0, 0.05) is 5.57 Å². The minimum Gasteiger partial charge on any atom is -0.497 e. The van der Waals surface area contributed by atoms with Gasteiger partial charge in [-0.1, -0.05) is 18.2 Å². The third-order valence-electron chi connectivity index (χ3n) is 2.96. The van der Waals surface area contributed by atoms with Gasteiger partial charge in [0.25, 0.3) is 0 Å². The van der Waals surface area contributed by atoms with E-state index < -0.39 is 0 Å². The number of ether oxygens (including phenoxy) is 2. The quantitative estimate of drug-likeness (QED) is 0.623. The fourth-order valence-electron chi connectivity index (χ4n) is 1.93. The molecule has 0 unspecified atom stereocenters. The highest BCUT2D eigenvalue weighted by molar-refractivity contribution is 5.94. The van der Waals surface area contributed by atoms with E-state index in [1.807, 2.05) is 42.5 Å². The first kappa shape index (κ1) is 13.1. The summed E-state index contributed by atoms with van der Waals surface area (Å²) in [5.41, 5.74) is 1.55. The zero-order valence-corrected chi connectivity index (χ0v) is 11.3. The third kappa shape index (κ3) is 2.94. The summed E-state index contributed by atoms with van der Waals surface area (Å²) < 4.78 is 9.87. The average molecular weight is 256 g/mol. The SMILES string of the molecule is COC(=O)/C(C)=C/c1ccc2cc(OC)ccc2c1. The molecule has 0 aliphatic carbocycles. The highest BCUT2D eigenvalue weighted by Gasteiger charge is 2.03. The van der Waals surface area contributed by atoms with Gasteiger partial charge in [-0.25, -0.2) is 4.79 Å². The minimum absolute atomic E-state index is 0.310.